The zero-order valence-electron chi connectivity index (χ0n) is 16.8. The number of anilines is 1. The summed E-state index contributed by atoms with van der Waals surface area (Å²) in [4.78, 5) is 20.4. The van der Waals surface area contributed by atoms with E-state index in [1.807, 2.05) is 54.6 Å². The van der Waals surface area contributed by atoms with E-state index in [0.717, 1.165) is 32.5 Å². The molecule has 3 N–H and O–H groups in total. The van der Waals surface area contributed by atoms with Crippen molar-refractivity contribution < 1.29 is 4.79 Å². The Balaban J connectivity index is 1.33. The summed E-state index contributed by atoms with van der Waals surface area (Å²) in [5.41, 5.74) is 3.80. The van der Waals surface area contributed by atoms with Crippen LogP contribution in [-0.4, -0.2) is 38.6 Å². The van der Waals surface area contributed by atoms with Crippen LogP contribution in [0, 0.1) is 0 Å². The zero-order valence-corrected chi connectivity index (χ0v) is 19.1. The van der Waals surface area contributed by atoms with Gasteiger partial charge >= 0.3 is 0 Å². The molecule has 0 saturated heterocycles. The molecule has 0 radical (unpaired) electrons. The van der Waals surface area contributed by atoms with Crippen molar-refractivity contribution in [2.45, 2.75) is 0 Å². The minimum Gasteiger partial charge on any atom is -0.368 e. The van der Waals surface area contributed by atoms with Gasteiger partial charge in [-0.25, -0.2) is 4.98 Å². The molecule has 2 aromatic carbocycles. The number of nitrogens with one attached hydrogen (secondary N) is 3. The number of para-hydroxylation sites is 1. The first-order valence-electron chi connectivity index (χ1n) is 9.99. The second kappa shape index (κ2) is 8.64. The molecule has 32 heavy (non-hydrogen) atoms. The van der Waals surface area contributed by atoms with Gasteiger partial charge in [0.1, 0.15) is 5.82 Å². The highest BCUT2D eigenvalue weighted by molar-refractivity contribution is 9.10. The predicted octanol–water partition coefficient (Wildman–Crippen LogP) is 5.14. The monoisotopic (exact) mass is 508 g/mol. The molecule has 0 bridgehead atoms. The summed E-state index contributed by atoms with van der Waals surface area (Å²) >= 11 is 9.89. The minimum absolute atomic E-state index is 0.122. The molecule has 0 atom stereocenters. The van der Waals surface area contributed by atoms with Gasteiger partial charge < -0.3 is 15.6 Å². The summed E-state index contributed by atoms with van der Waals surface area (Å²) < 4.78 is 2.49. The van der Waals surface area contributed by atoms with Crippen molar-refractivity contribution in [2.24, 2.45) is 0 Å². The SMILES string of the molecule is O=C(NCCNc1cc(-c2ccccc2Cl)nc2c(Br)cnn12)c1c[nH]c2ccccc12. The summed E-state index contributed by atoms with van der Waals surface area (Å²) in [5.74, 6) is 0.625. The third kappa shape index (κ3) is 3.83. The van der Waals surface area contributed by atoms with Crippen molar-refractivity contribution >= 4 is 55.8 Å². The summed E-state index contributed by atoms with van der Waals surface area (Å²) in [7, 11) is 0. The fourth-order valence-corrected chi connectivity index (χ4v) is 4.17. The number of aromatic nitrogens is 4. The molecule has 7 nitrogen and oxygen atoms in total. The first kappa shape index (κ1) is 20.5. The standard InChI is InChI=1S/C23H18BrClN6O/c24-17-13-29-31-21(11-20(30-22(17)31)15-6-1-3-7-18(15)25)26-9-10-27-23(32)16-12-28-19-8-4-2-5-14(16)19/h1-8,11-13,26,28H,9-10H2,(H,27,32). The Morgan fingerprint density at radius 1 is 1.12 bits per heavy atom. The van der Waals surface area contributed by atoms with Crippen molar-refractivity contribution in [3.05, 3.63) is 82.0 Å². The summed E-state index contributed by atoms with van der Waals surface area (Å²) in [6.45, 7) is 0.943. The molecule has 5 rings (SSSR count). The average Bonchev–Trinajstić information content (AvgIpc) is 3.41. The van der Waals surface area contributed by atoms with E-state index in [0.29, 0.717) is 29.3 Å². The number of carbonyl (C=O) groups is 1. The van der Waals surface area contributed by atoms with E-state index in [2.05, 4.69) is 36.6 Å². The molecule has 0 aliphatic carbocycles. The normalized spacial score (nSPS) is 11.2. The molecule has 0 spiro atoms. The van der Waals surface area contributed by atoms with Crippen LogP contribution in [0.15, 0.2) is 71.5 Å². The molecule has 0 fully saturated rings. The van der Waals surface area contributed by atoms with Crippen LogP contribution in [0.3, 0.4) is 0 Å². The highest BCUT2D eigenvalue weighted by atomic mass is 79.9. The van der Waals surface area contributed by atoms with Gasteiger partial charge in [0, 0.05) is 46.8 Å². The topological polar surface area (TPSA) is 87.1 Å². The lowest BCUT2D eigenvalue weighted by atomic mass is 10.1. The Labute approximate surface area is 196 Å². The lowest BCUT2D eigenvalue weighted by Crippen LogP contribution is -2.29. The van der Waals surface area contributed by atoms with Gasteiger partial charge in [-0.15, -0.1) is 0 Å². The molecular weight excluding hydrogens is 492 g/mol. The molecule has 1 amide bonds. The van der Waals surface area contributed by atoms with E-state index in [1.54, 1.807) is 16.9 Å². The van der Waals surface area contributed by atoms with Crippen molar-refractivity contribution in [3.63, 3.8) is 0 Å². The summed E-state index contributed by atoms with van der Waals surface area (Å²) in [6.07, 6.45) is 3.43. The molecule has 0 aliphatic heterocycles. The van der Waals surface area contributed by atoms with Crippen molar-refractivity contribution in [2.75, 3.05) is 18.4 Å². The first-order chi connectivity index (χ1) is 15.6. The third-order valence-corrected chi connectivity index (χ3v) is 6.02. The number of carbonyl (C=O) groups excluding carboxylic acids is 1. The number of H-pyrrole nitrogens is 1. The van der Waals surface area contributed by atoms with Crippen LogP contribution in [0.2, 0.25) is 5.02 Å². The quantitative estimate of drug-likeness (QED) is 0.277. The molecular formula is C23H18BrClN6O. The van der Waals surface area contributed by atoms with Gasteiger partial charge in [0.15, 0.2) is 5.65 Å². The van der Waals surface area contributed by atoms with Crippen LogP contribution in [-0.2, 0) is 0 Å². The number of fused-ring (bicyclic) bond motifs is 2. The number of hydrogen-bond donors (Lipinski definition) is 3. The van der Waals surface area contributed by atoms with Crippen LogP contribution < -0.4 is 10.6 Å². The molecule has 3 aromatic heterocycles. The Hall–Kier alpha value is -3.36. The zero-order chi connectivity index (χ0) is 22.1. The van der Waals surface area contributed by atoms with Crippen LogP contribution >= 0.6 is 27.5 Å². The Bertz CT molecular complexity index is 1440. The molecule has 0 saturated carbocycles. The number of hydrogen-bond acceptors (Lipinski definition) is 4. The van der Waals surface area contributed by atoms with E-state index in [-0.39, 0.29) is 5.91 Å². The molecule has 9 heteroatoms. The molecule has 5 aromatic rings. The molecule has 0 unspecified atom stereocenters. The first-order valence-corrected chi connectivity index (χ1v) is 11.2. The Morgan fingerprint density at radius 3 is 2.81 bits per heavy atom. The fourth-order valence-electron chi connectivity index (χ4n) is 3.59. The van der Waals surface area contributed by atoms with Crippen molar-refractivity contribution in [3.8, 4) is 11.3 Å². The maximum Gasteiger partial charge on any atom is 0.253 e. The largest absolute Gasteiger partial charge is 0.368 e. The number of aromatic amines is 1. The maximum atomic E-state index is 12.6. The fraction of sp³-hybridized carbons (Fsp3) is 0.0870. The van der Waals surface area contributed by atoms with Gasteiger partial charge in [0.2, 0.25) is 0 Å². The lowest BCUT2D eigenvalue weighted by molar-refractivity contribution is 0.0957. The van der Waals surface area contributed by atoms with Crippen LogP contribution in [0.4, 0.5) is 5.82 Å². The third-order valence-electron chi connectivity index (χ3n) is 5.13. The highest BCUT2D eigenvalue weighted by Gasteiger charge is 2.14. The van der Waals surface area contributed by atoms with E-state index in [1.165, 1.54) is 0 Å². The van der Waals surface area contributed by atoms with Gasteiger partial charge in [0.05, 0.1) is 21.9 Å². The van der Waals surface area contributed by atoms with Crippen LogP contribution in [0.25, 0.3) is 27.8 Å². The summed E-state index contributed by atoms with van der Waals surface area (Å²) in [5, 5.41) is 12.2. The number of benzene rings is 2. The number of amides is 1. The van der Waals surface area contributed by atoms with Gasteiger partial charge in [-0.3, -0.25) is 4.79 Å². The van der Waals surface area contributed by atoms with E-state index < -0.39 is 0 Å². The average molecular weight is 510 g/mol. The highest BCUT2D eigenvalue weighted by Crippen LogP contribution is 2.30. The second-order valence-corrected chi connectivity index (χ2v) is 8.43. The lowest BCUT2D eigenvalue weighted by Gasteiger charge is -2.12. The number of halogens is 2. The molecule has 160 valence electrons. The predicted molar refractivity (Wildman–Crippen MR) is 130 cm³/mol. The number of rotatable bonds is 6. The minimum atomic E-state index is -0.122. The van der Waals surface area contributed by atoms with Gasteiger partial charge in [0.25, 0.3) is 5.91 Å². The van der Waals surface area contributed by atoms with Crippen molar-refractivity contribution in [1.82, 2.24) is 24.9 Å². The van der Waals surface area contributed by atoms with Crippen LogP contribution in [0.1, 0.15) is 10.4 Å². The van der Waals surface area contributed by atoms with Gasteiger partial charge in [-0.1, -0.05) is 48.0 Å². The second-order valence-electron chi connectivity index (χ2n) is 7.16. The maximum absolute atomic E-state index is 12.6. The van der Waals surface area contributed by atoms with E-state index in [9.17, 15) is 4.79 Å². The Kier molecular flexibility index (Phi) is 5.55. The van der Waals surface area contributed by atoms with Gasteiger partial charge in [-0.2, -0.15) is 9.61 Å². The molecule has 0 aliphatic rings. The van der Waals surface area contributed by atoms with Gasteiger partial charge in [-0.05, 0) is 28.1 Å². The Morgan fingerprint density at radius 2 is 1.94 bits per heavy atom. The number of nitrogens with zero attached hydrogens (tertiary/aromatic N) is 3. The summed E-state index contributed by atoms with van der Waals surface area (Å²) in [6, 6.07) is 17.2. The smallest absolute Gasteiger partial charge is 0.253 e. The van der Waals surface area contributed by atoms with E-state index >= 15 is 0 Å². The molecule has 3 heterocycles. The van der Waals surface area contributed by atoms with Crippen LogP contribution in [0.5, 0.6) is 0 Å². The van der Waals surface area contributed by atoms with E-state index in [4.69, 9.17) is 16.6 Å². The van der Waals surface area contributed by atoms with Crippen molar-refractivity contribution in [1.29, 1.82) is 0 Å².